The van der Waals surface area contributed by atoms with E-state index in [1.807, 2.05) is 0 Å². The summed E-state index contributed by atoms with van der Waals surface area (Å²) in [5.41, 5.74) is -1.94. The predicted octanol–water partition coefficient (Wildman–Crippen LogP) is 0.278. The zero-order chi connectivity index (χ0) is 16.9. The molecule has 0 saturated carbocycles. The van der Waals surface area contributed by atoms with Crippen molar-refractivity contribution in [1.82, 2.24) is 5.32 Å². The van der Waals surface area contributed by atoms with E-state index >= 15 is 0 Å². The van der Waals surface area contributed by atoms with Gasteiger partial charge in [-0.2, -0.15) is 0 Å². The summed E-state index contributed by atoms with van der Waals surface area (Å²) in [5.74, 6) is -1.28. The normalized spacial score (nSPS) is 13.0. The predicted molar refractivity (Wildman–Crippen MR) is 76.7 cm³/mol. The number of nitrogens with one attached hydrogen (secondary N) is 1. The summed E-state index contributed by atoms with van der Waals surface area (Å²) >= 11 is 0. The van der Waals surface area contributed by atoms with Gasteiger partial charge in [-0.15, -0.1) is 0 Å². The Morgan fingerprint density at radius 1 is 1.14 bits per heavy atom. The van der Waals surface area contributed by atoms with E-state index in [-0.39, 0.29) is 17.1 Å². The molecule has 122 valence electrons. The topological polar surface area (TPSA) is 114 Å². The van der Waals surface area contributed by atoms with Crippen LogP contribution in [0.4, 0.5) is 0 Å². The molecule has 0 radical (unpaired) electrons. The highest BCUT2D eigenvalue weighted by Crippen LogP contribution is 2.39. The summed E-state index contributed by atoms with van der Waals surface area (Å²) in [4.78, 5) is 23.0. The molecular weight excluding hydrogens is 294 g/mol. The number of methoxy groups -OCH3 is 3. The number of amides is 1. The summed E-state index contributed by atoms with van der Waals surface area (Å²) < 4.78 is 15.4. The third-order valence-electron chi connectivity index (χ3n) is 3.00. The second-order valence-corrected chi connectivity index (χ2v) is 4.64. The Balaban J connectivity index is 3.06. The first-order valence-corrected chi connectivity index (χ1v) is 6.31. The van der Waals surface area contributed by atoms with E-state index < -0.39 is 24.0 Å². The van der Waals surface area contributed by atoms with Gasteiger partial charge in [-0.25, -0.2) is 4.79 Å². The van der Waals surface area contributed by atoms with Crippen LogP contribution in [0.1, 0.15) is 17.3 Å². The summed E-state index contributed by atoms with van der Waals surface area (Å²) in [7, 11) is 4.21. The van der Waals surface area contributed by atoms with E-state index in [1.54, 1.807) is 0 Å². The van der Waals surface area contributed by atoms with Crippen molar-refractivity contribution in [3.8, 4) is 17.2 Å². The molecule has 0 aliphatic rings. The van der Waals surface area contributed by atoms with Crippen molar-refractivity contribution in [3.63, 3.8) is 0 Å². The molecule has 1 amide bonds. The molecule has 0 fully saturated rings. The minimum absolute atomic E-state index is 0.126. The highest BCUT2D eigenvalue weighted by Gasteiger charge is 2.31. The van der Waals surface area contributed by atoms with Crippen LogP contribution in [0.3, 0.4) is 0 Å². The number of hydrogen-bond acceptors (Lipinski definition) is 6. The molecule has 1 aromatic rings. The lowest BCUT2D eigenvalue weighted by molar-refractivity contribution is -0.155. The molecule has 1 aromatic carbocycles. The molecule has 1 unspecified atom stereocenters. The van der Waals surface area contributed by atoms with Crippen LogP contribution in [0, 0.1) is 0 Å². The Labute approximate surface area is 127 Å². The fourth-order valence-corrected chi connectivity index (χ4v) is 1.70. The summed E-state index contributed by atoms with van der Waals surface area (Å²) in [6, 6.07) is 2.97. The molecule has 0 aliphatic carbocycles. The molecule has 0 bridgehead atoms. The van der Waals surface area contributed by atoms with Crippen molar-refractivity contribution in [3.05, 3.63) is 17.7 Å². The van der Waals surface area contributed by atoms with Crippen LogP contribution in [-0.2, 0) is 4.79 Å². The molecule has 0 heterocycles. The lowest BCUT2D eigenvalue weighted by atomic mass is 10.1. The van der Waals surface area contributed by atoms with Crippen molar-refractivity contribution in [1.29, 1.82) is 0 Å². The molecule has 8 nitrogen and oxygen atoms in total. The average molecular weight is 313 g/mol. The molecule has 22 heavy (non-hydrogen) atoms. The van der Waals surface area contributed by atoms with Crippen LogP contribution in [0.5, 0.6) is 17.2 Å². The fourth-order valence-electron chi connectivity index (χ4n) is 1.70. The quantitative estimate of drug-likeness (QED) is 0.662. The lowest BCUT2D eigenvalue weighted by Crippen LogP contribution is -2.46. The Morgan fingerprint density at radius 2 is 1.73 bits per heavy atom. The fraction of sp³-hybridized carbons (Fsp3) is 0.429. The standard InChI is InChI=1S/C14H19NO7/c1-14(19,13(17)18)7-15-12(16)8-5-6-9(20-2)11(22-4)10(8)21-3/h5-6,19H,7H2,1-4H3,(H,15,16)(H,17,18). The van der Waals surface area contributed by atoms with Gasteiger partial charge in [-0.05, 0) is 19.1 Å². The Morgan fingerprint density at radius 3 is 2.18 bits per heavy atom. The van der Waals surface area contributed by atoms with Gasteiger partial charge in [-0.3, -0.25) is 4.79 Å². The number of carbonyl (C=O) groups is 2. The maximum absolute atomic E-state index is 12.2. The number of aliphatic hydroxyl groups is 1. The average Bonchev–Trinajstić information content (AvgIpc) is 2.50. The Kier molecular flexibility index (Phi) is 5.58. The number of hydrogen-bond donors (Lipinski definition) is 3. The van der Waals surface area contributed by atoms with Gasteiger partial charge in [0.15, 0.2) is 17.1 Å². The third kappa shape index (κ3) is 3.59. The molecule has 1 rings (SSSR count). The Bertz CT molecular complexity index is 569. The second-order valence-electron chi connectivity index (χ2n) is 4.64. The zero-order valence-electron chi connectivity index (χ0n) is 12.8. The maximum Gasteiger partial charge on any atom is 0.337 e. The molecule has 0 spiro atoms. The summed E-state index contributed by atoms with van der Waals surface area (Å²) in [5, 5.41) is 20.8. The van der Waals surface area contributed by atoms with Gasteiger partial charge >= 0.3 is 5.97 Å². The number of carbonyl (C=O) groups excluding carboxylic acids is 1. The van der Waals surface area contributed by atoms with E-state index in [2.05, 4.69) is 5.32 Å². The van der Waals surface area contributed by atoms with Crippen molar-refractivity contribution in [2.75, 3.05) is 27.9 Å². The van der Waals surface area contributed by atoms with Gasteiger partial charge in [0.1, 0.15) is 0 Å². The molecular formula is C14H19NO7. The second kappa shape index (κ2) is 6.99. The first-order valence-electron chi connectivity index (χ1n) is 6.31. The number of carboxylic acids is 1. The molecule has 3 N–H and O–H groups in total. The first-order chi connectivity index (χ1) is 10.3. The first kappa shape index (κ1) is 17.6. The van der Waals surface area contributed by atoms with Crippen molar-refractivity contribution < 1.29 is 34.0 Å². The monoisotopic (exact) mass is 313 g/mol. The minimum Gasteiger partial charge on any atom is -0.493 e. The van der Waals surface area contributed by atoms with Crippen LogP contribution >= 0.6 is 0 Å². The van der Waals surface area contributed by atoms with Gasteiger partial charge in [0.25, 0.3) is 5.91 Å². The van der Waals surface area contributed by atoms with Crippen molar-refractivity contribution in [2.24, 2.45) is 0 Å². The number of benzene rings is 1. The maximum atomic E-state index is 12.2. The van der Waals surface area contributed by atoms with E-state index in [0.717, 1.165) is 6.92 Å². The van der Waals surface area contributed by atoms with Crippen molar-refractivity contribution >= 4 is 11.9 Å². The van der Waals surface area contributed by atoms with Crippen LogP contribution < -0.4 is 19.5 Å². The molecule has 1 atom stereocenters. The number of carboxylic acid groups (broad SMARTS) is 1. The zero-order valence-corrected chi connectivity index (χ0v) is 12.8. The number of rotatable bonds is 7. The SMILES string of the molecule is COc1ccc(C(=O)NCC(C)(O)C(=O)O)c(OC)c1OC. The molecule has 0 saturated heterocycles. The van der Waals surface area contributed by atoms with Crippen LogP contribution in [0.25, 0.3) is 0 Å². The van der Waals surface area contributed by atoms with Gasteiger partial charge in [-0.1, -0.05) is 0 Å². The highest BCUT2D eigenvalue weighted by atomic mass is 16.5. The molecule has 0 aliphatic heterocycles. The van der Waals surface area contributed by atoms with Gasteiger partial charge in [0.05, 0.1) is 33.4 Å². The van der Waals surface area contributed by atoms with Crippen molar-refractivity contribution in [2.45, 2.75) is 12.5 Å². The lowest BCUT2D eigenvalue weighted by Gasteiger charge is -2.19. The largest absolute Gasteiger partial charge is 0.493 e. The van der Waals surface area contributed by atoms with Crippen LogP contribution in [0.2, 0.25) is 0 Å². The highest BCUT2D eigenvalue weighted by molar-refractivity contribution is 5.98. The van der Waals surface area contributed by atoms with E-state index in [1.165, 1.54) is 33.5 Å². The number of aliphatic carboxylic acids is 1. The van der Waals surface area contributed by atoms with E-state index in [9.17, 15) is 14.7 Å². The molecule has 0 aromatic heterocycles. The third-order valence-corrected chi connectivity index (χ3v) is 3.00. The van der Waals surface area contributed by atoms with E-state index in [4.69, 9.17) is 19.3 Å². The summed E-state index contributed by atoms with van der Waals surface area (Å²) in [6.45, 7) is 0.625. The van der Waals surface area contributed by atoms with Crippen LogP contribution in [0.15, 0.2) is 12.1 Å². The molecule has 8 heteroatoms. The summed E-state index contributed by atoms with van der Waals surface area (Å²) in [6.07, 6.45) is 0. The van der Waals surface area contributed by atoms with E-state index in [0.29, 0.717) is 5.75 Å². The van der Waals surface area contributed by atoms with Crippen LogP contribution in [-0.4, -0.2) is 55.6 Å². The number of ether oxygens (including phenoxy) is 3. The van der Waals surface area contributed by atoms with Gasteiger partial charge in [0.2, 0.25) is 5.75 Å². The Hall–Kier alpha value is -2.48. The van der Waals surface area contributed by atoms with Gasteiger partial charge < -0.3 is 29.7 Å². The smallest absolute Gasteiger partial charge is 0.337 e. The minimum atomic E-state index is -2.07. The van der Waals surface area contributed by atoms with Gasteiger partial charge in [0, 0.05) is 0 Å².